The molecule has 0 aromatic carbocycles. The minimum Gasteiger partial charge on any atom is -0.377 e. The van der Waals surface area contributed by atoms with Crippen LogP contribution in [0, 0.1) is 0 Å². The molecule has 0 saturated heterocycles. The second kappa shape index (κ2) is 11.8. The molecule has 0 aliphatic rings. The fourth-order valence-electron chi connectivity index (χ4n) is 2.44. The van der Waals surface area contributed by atoms with Crippen molar-refractivity contribution in [2.75, 3.05) is 13.6 Å². The molecule has 0 aliphatic carbocycles. The molecular weight excluding hydrogens is 356 g/mol. The molecule has 0 aliphatic heterocycles. The molecule has 0 heterocycles. The highest BCUT2D eigenvalue weighted by Crippen LogP contribution is 2.21. The van der Waals surface area contributed by atoms with Crippen LogP contribution in [0.3, 0.4) is 0 Å². The van der Waals surface area contributed by atoms with Crippen molar-refractivity contribution in [1.29, 1.82) is 0 Å². The summed E-state index contributed by atoms with van der Waals surface area (Å²) in [5.41, 5.74) is 1.65. The number of nitrogens with zero attached hydrogens (tertiary/aromatic N) is 1. The first-order valence-corrected chi connectivity index (χ1v) is 9.03. The second-order valence-electron chi connectivity index (χ2n) is 5.99. The molecule has 0 rings (SSSR count). The van der Waals surface area contributed by atoms with Gasteiger partial charge in [-0.1, -0.05) is 26.5 Å². The number of halogens is 2. The van der Waals surface area contributed by atoms with Gasteiger partial charge in [-0.3, -0.25) is 9.59 Å². The van der Waals surface area contributed by atoms with Crippen LogP contribution in [-0.4, -0.2) is 36.5 Å². The number of carbonyl (C=O) groups is 2. The molecule has 0 aromatic heterocycles. The zero-order valence-corrected chi connectivity index (χ0v) is 17.1. The Morgan fingerprint density at radius 2 is 1.73 bits per heavy atom. The summed E-state index contributed by atoms with van der Waals surface area (Å²) < 4.78 is 25.9. The molecule has 0 fully saturated rings. The number of allylic oxidation sites excluding steroid dienone is 6. The van der Waals surface area contributed by atoms with E-state index in [9.17, 15) is 18.4 Å². The van der Waals surface area contributed by atoms with E-state index in [1.807, 2.05) is 18.7 Å². The summed E-state index contributed by atoms with van der Waals surface area (Å²) in [6, 6.07) is 0. The van der Waals surface area contributed by atoms with Crippen LogP contribution in [0.25, 0.3) is 0 Å². The summed E-state index contributed by atoms with van der Waals surface area (Å²) in [5.74, 6) is -0.163. The van der Waals surface area contributed by atoms with E-state index < -0.39 is 6.43 Å². The SMILES string of the molecule is C=C(S)/C(=C\C=C(/CC)N(C)CCC(=O)/C(CC)=C(/C)C(C)=O)C(F)F. The van der Waals surface area contributed by atoms with Crippen molar-refractivity contribution >= 4 is 24.2 Å². The number of Topliss-reactive ketones (excluding diaryl/α,β-unsaturated/α-hetero) is 2. The van der Waals surface area contributed by atoms with E-state index in [0.717, 1.165) is 5.70 Å². The lowest BCUT2D eigenvalue weighted by Crippen LogP contribution is -2.22. The molecule has 0 atom stereocenters. The summed E-state index contributed by atoms with van der Waals surface area (Å²) in [6.45, 7) is 10.8. The standard InChI is InChI=1S/C20H29F2NO2S/c1-7-16(9-10-18(15(5)26)20(21)22)23(6)12-11-19(25)17(8-2)13(3)14(4)24/h9-10,20,26H,5,7-8,11-12H2,1-4,6H3/b16-9+,17-13-,18-10+. The van der Waals surface area contributed by atoms with Gasteiger partial charge in [0, 0.05) is 41.8 Å². The molecule has 0 spiro atoms. The summed E-state index contributed by atoms with van der Waals surface area (Å²) in [5, 5.41) is 0. The number of hydrogen-bond donors (Lipinski definition) is 1. The van der Waals surface area contributed by atoms with E-state index in [1.165, 1.54) is 13.0 Å². The Balaban J connectivity index is 5.21. The first-order valence-electron chi connectivity index (χ1n) is 8.58. The summed E-state index contributed by atoms with van der Waals surface area (Å²) >= 11 is 3.89. The first-order chi connectivity index (χ1) is 12.1. The van der Waals surface area contributed by atoms with Crippen molar-refractivity contribution in [3.63, 3.8) is 0 Å². The average molecular weight is 386 g/mol. The van der Waals surface area contributed by atoms with Gasteiger partial charge in [0.25, 0.3) is 6.43 Å². The summed E-state index contributed by atoms with van der Waals surface area (Å²) in [6.07, 6.45) is 1.66. The lowest BCUT2D eigenvalue weighted by molar-refractivity contribution is -0.117. The van der Waals surface area contributed by atoms with E-state index in [2.05, 4.69) is 19.2 Å². The van der Waals surface area contributed by atoms with Crippen LogP contribution in [-0.2, 0) is 9.59 Å². The van der Waals surface area contributed by atoms with E-state index in [4.69, 9.17) is 0 Å². The fourth-order valence-corrected chi connectivity index (χ4v) is 2.62. The average Bonchev–Trinajstić information content (AvgIpc) is 2.56. The summed E-state index contributed by atoms with van der Waals surface area (Å²) in [7, 11) is 1.81. The maximum absolute atomic E-state index is 12.9. The molecule has 3 nitrogen and oxygen atoms in total. The largest absolute Gasteiger partial charge is 0.377 e. The number of rotatable bonds is 11. The highest BCUT2D eigenvalue weighted by molar-refractivity contribution is 7.84. The quantitative estimate of drug-likeness (QED) is 0.305. The van der Waals surface area contributed by atoms with Crippen LogP contribution < -0.4 is 0 Å². The molecule has 0 saturated carbocycles. The highest BCUT2D eigenvalue weighted by atomic mass is 32.1. The zero-order chi connectivity index (χ0) is 20.4. The highest BCUT2D eigenvalue weighted by Gasteiger charge is 2.15. The molecule has 0 amide bonds. The molecule has 6 heteroatoms. The molecule has 0 bridgehead atoms. The topological polar surface area (TPSA) is 37.4 Å². The molecule has 26 heavy (non-hydrogen) atoms. The van der Waals surface area contributed by atoms with Crippen molar-refractivity contribution in [1.82, 2.24) is 4.90 Å². The predicted molar refractivity (Wildman–Crippen MR) is 107 cm³/mol. The van der Waals surface area contributed by atoms with Gasteiger partial charge in [0.05, 0.1) is 0 Å². The molecule has 0 unspecified atom stereocenters. The van der Waals surface area contributed by atoms with Crippen LogP contribution in [0.15, 0.2) is 46.1 Å². The Hall–Kier alpha value is -1.69. The number of hydrogen-bond acceptors (Lipinski definition) is 4. The van der Waals surface area contributed by atoms with Gasteiger partial charge in [-0.15, -0.1) is 12.6 Å². The molecular formula is C20H29F2NO2S. The van der Waals surface area contributed by atoms with E-state index >= 15 is 0 Å². The third-order valence-electron chi connectivity index (χ3n) is 4.22. The van der Waals surface area contributed by atoms with Crippen LogP contribution in [0.5, 0.6) is 0 Å². The zero-order valence-electron chi connectivity index (χ0n) is 16.2. The van der Waals surface area contributed by atoms with Crippen LogP contribution >= 0.6 is 12.6 Å². The Labute approximate surface area is 160 Å². The second-order valence-corrected chi connectivity index (χ2v) is 6.53. The molecule has 0 radical (unpaired) electrons. The van der Waals surface area contributed by atoms with Gasteiger partial charge in [0.2, 0.25) is 0 Å². The normalized spacial score (nSPS) is 13.6. The Kier molecular flexibility index (Phi) is 11.1. The number of carbonyl (C=O) groups excluding carboxylic acids is 2. The van der Waals surface area contributed by atoms with Gasteiger partial charge in [-0.05, 0) is 38.3 Å². The Morgan fingerprint density at radius 1 is 1.15 bits per heavy atom. The monoisotopic (exact) mass is 385 g/mol. The maximum Gasteiger partial charge on any atom is 0.264 e. The van der Waals surface area contributed by atoms with Gasteiger partial charge in [-0.25, -0.2) is 8.78 Å². The fraction of sp³-hybridized carbons (Fsp3) is 0.500. The lowest BCUT2D eigenvalue weighted by Gasteiger charge is -2.22. The van der Waals surface area contributed by atoms with E-state index in [1.54, 1.807) is 20.0 Å². The third-order valence-corrected chi connectivity index (χ3v) is 4.48. The number of alkyl halides is 2. The summed E-state index contributed by atoms with van der Waals surface area (Å²) in [4.78, 5) is 25.8. The van der Waals surface area contributed by atoms with E-state index in [-0.39, 0.29) is 28.5 Å². The Morgan fingerprint density at radius 3 is 2.12 bits per heavy atom. The smallest absolute Gasteiger partial charge is 0.264 e. The van der Waals surface area contributed by atoms with Crippen LogP contribution in [0.1, 0.15) is 47.0 Å². The van der Waals surface area contributed by atoms with Crippen LogP contribution in [0.2, 0.25) is 0 Å². The predicted octanol–water partition coefficient (Wildman–Crippen LogP) is 5.12. The van der Waals surface area contributed by atoms with Crippen LogP contribution in [0.4, 0.5) is 8.78 Å². The van der Waals surface area contributed by atoms with Crippen molar-refractivity contribution < 1.29 is 18.4 Å². The molecule has 0 aromatic rings. The first kappa shape index (κ1) is 24.3. The van der Waals surface area contributed by atoms with Crippen molar-refractivity contribution in [2.24, 2.45) is 0 Å². The molecule has 146 valence electrons. The number of ketones is 2. The van der Waals surface area contributed by atoms with Crippen molar-refractivity contribution in [3.05, 3.63) is 46.1 Å². The minimum absolute atomic E-state index is 0.0296. The third kappa shape index (κ3) is 7.68. The van der Waals surface area contributed by atoms with Gasteiger partial charge >= 0.3 is 0 Å². The lowest BCUT2D eigenvalue weighted by atomic mass is 9.98. The van der Waals surface area contributed by atoms with Gasteiger partial charge in [0.1, 0.15) is 0 Å². The maximum atomic E-state index is 12.9. The van der Waals surface area contributed by atoms with Crippen molar-refractivity contribution in [2.45, 2.75) is 53.4 Å². The molecule has 0 N–H and O–H groups in total. The van der Waals surface area contributed by atoms with E-state index in [0.29, 0.717) is 30.5 Å². The van der Waals surface area contributed by atoms with Gasteiger partial charge < -0.3 is 4.90 Å². The minimum atomic E-state index is -2.65. The van der Waals surface area contributed by atoms with Gasteiger partial charge in [0.15, 0.2) is 11.6 Å². The number of thiol groups is 1. The van der Waals surface area contributed by atoms with Crippen molar-refractivity contribution in [3.8, 4) is 0 Å². The Bertz CT molecular complexity index is 634. The van der Waals surface area contributed by atoms with Gasteiger partial charge in [-0.2, -0.15) is 0 Å².